The highest BCUT2D eigenvalue weighted by Crippen LogP contribution is 2.56. The average molecular weight is 449 g/mol. The summed E-state index contributed by atoms with van der Waals surface area (Å²) in [5, 5.41) is 0. The molecule has 0 heterocycles. The first-order valence-corrected chi connectivity index (χ1v) is 14.1. The lowest BCUT2D eigenvalue weighted by Gasteiger charge is -2.26. The van der Waals surface area contributed by atoms with Crippen molar-refractivity contribution in [3.63, 3.8) is 0 Å². The first-order chi connectivity index (χ1) is 14.5. The Morgan fingerprint density at radius 2 is 1.13 bits per heavy atom. The minimum atomic E-state index is -3.02. The van der Waals surface area contributed by atoms with Crippen molar-refractivity contribution in [1.82, 2.24) is 0 Å². The van der Waals surface area contributed by atoms with Gasteiger partial charge in [-0.1, -0.05) is 84.0 Å². The smallest absolute Gasteiger partial charge is 0.333 e. The van der Waals surface area contributed by atoms with Crippen LogP contribution in [0.3, 0.4) is 0 Å². The molecule has 6 heteroatoms. The fraction of sp³-hybridized carbons (Fsp3) is 0.958. The Morgan fingerprint density at radius 3 is 1.57 bits per heavy atom. The van der Waals surface area contributed by atoms with Crippen LogP contribution in [0.25, 0.3) is 0 Å². The molecular formula is C24H49O5P. The third kappa shape index (κ3) is 16.3. The highest BCUT2D eigenvalue weighted by atomic mass is 31.2. The molecule has 0 bridgehead atoms. The maximum Gasteiger partial charge on any atom is 0.333 e. The molecule has 0 aliphatic carbocycles. The van der Waals surface area contributed by atoms with E-state index < -0.39 is 7.60 Å². The molecule has 0 aliphatic rings. The number of carbonyl (C=O) groups excluding carboxylic acids is 1. The second kappa shape index (κ2) is 20.5. The number of hydrogen-bond donors (Lipinski definition) is 0. The molecule has 0 aromatic heterocycles. The second-order valence-electron chi connectivity index (χ2n) is 8.19. The third-order valence-electron chi connectivity index (χ3n) is 5.44. The Hall–Kier alpha value is -0.380. The molecule has 0 saturated carbocycles. The van der Waals surface area contributed by atoms with Crippen LogP contribution in [0.4, 0.5) is 0 Å². The van der Waals surface area contributed by atoms with Crippen molar-refractivity contribution in [3.05, 3.63) is 0 Å². The van der Waals surface area contributed by atoms with E-state index in [1.165, 1.54) is 45.4 Å². The summed E-state index contributed by atoms with van der Waals surface area (Å²) in [6.45, 7) is 8.89. The second-order valence-corrected chi connectivity index (χ2v) is 10.5. The van der Waals surface area contributed by atoms with Crippen molar-refractivity contribution in [2.75, 3.05) is 19.8 Å². The van der Waals surface area contributed by atoms with Crippen molar-refractivity contribution < 1.29 is 23.1 Å². The molecule has 0 rings (SSSR count). The van der Waals surface area contributed by atoms with E-state index in [0.717, 1.165) is 57.8 Å². The van der Waals surface area contributed by atoms with E-state index in [0.29, 0.717) is 19.8 Å². The fourth-order valence-electron chi connectivity index (χ4n) is 3.81. The van der Waals surface area contributed by atoms with E-state index in [2.05, 4.69) is 6.92 Å². The summed E-state index contributed by atoms with van der Waals surface area (Å²) >= 11 is 0. The lowest BCUT2D eigenvalue weighted by molar-refractivity contribution is -0.141. The lowest BCUT2D eigenvalue weighted by atomic mass is 10.0. The normalized spacial score (nSPS) is 12.8. The molecule has 0 fully saturated rings. The molecule has 1 atom stereocenters. The zero-order chi connectivity index (χ0) is 22.5. The summed E-state index contributed by atoms with van der Waals surface area (Å²) in [4.78, 5) is 10.7. The van der Waals surface area contributed by atoms with Gasteiger partial charge in [-0.05, 0) is 33.1 Å². The van der Waals surface area contributed by atoms with Crippen LogP contribution in [0.5, 0.6) is 0 Å². The van der Waals surface area contributed by atoms with Crippen LogP contribution in [0.2, 0.25) is 0 Å². The number of rotatable bonds is 22. The number of unbranched alkanes of at least 4 members (excludes halogenated alkanes) is 11. The van der Waals surface area contributed by atoms with Crippen LogP contribution in [0.1, 0.15) is 124 Å². The van der Waals surface area contributed by atoms with Gasteiger partial charge in [0.25, 0.3) is 0 Å². The zero-order valence-corrected chi connectivity index (χ0v) is 21.2. The maximum atomic E-state index is 13.3. The molecule has 0 N–H and O–H groups in total. The quantitative estimate of drug-likeness (QED) is 0.0952. The molecule has 5 nitrogen and oxygen atoms in total. The maximum absolute atomic E-state index is 13.3. The minimum absolute atomic E-state index is 0.0250. The van der Waals surface area contributed by atoms with E-state index in [-0.39, 0.29) is 11.6 Å². The van der Waals surface area contributed by atoms with Gasteiger partial charge in [-0.25, -0.2) is 0 Å². The van der Waals surface area contributed by atoms with Gasteiger partial charge in [-0.2, -0.15) is 0 Å². The van der Waals surface area contributed by atoms with Gasteiger partial charge in [0.05, 0.1) is 25.5 Å². The number of carbonyl (C=O) groups is 1. The number of ether oxygens (including phenoxy) is 1. The molecule has 0 saturated heterocycles. The monoisotopic (exact) mass is 448 g/mol. The number of hydrogen-bond acceptors (Lipinski definition) is 5. The van der Waals surface area contributed by atoms with Gasteiger partial charge in [0.1, 0.15) is 0 Å². The van der Waals surface area contributed by atoms with Gasteiger partial charge < -0.3 is 13.8 Å². The van der Waals surface area contributed by atoms with Crippen molar-refractivity contribution >= 4 is 13.6 Å². The third-order valence-corrected chi connectivity index (χ3v) is 8.09. The molecule has 0 spiro atoms. The highest BCUT2D eigenvalue weighted by molar-refractivity contribution is 7.54. The predicted octanol–water partition coefficient (Wildman–Crippen LogP) is 8.06. The summed E-state index contributed by atoms with van der Waals surface area (Å²) in [5.41, 5.74) is 0.0250. The molecule has 1 unspecified atom stereocenters. The van der Waals surface area contributed by atoms with Crippen LogP contribution in [0.15, 0.2) is 0 Å². The predicted molar refractivity (Wildman–Crippen MR) is 126 cm³/mol. The number of esters is 1. The van der Waals surface area contributed by atoms with E-state index in [1.54, 1.807) is 0 Å². The molecule has 0 aliphatic heterocycles. The molecule has 30 heavy (non-hydrogen) atoms. The Kier molecular flexibility index (Phi) is 20.3. The molecule has 0 aromatic rings. The first-order valence-electron chi connectivity index (χ1n) is 12.5. The lowest BCUT2D eigenvalue weighted by Crippen LogP contribution is -2.14. The van der Waals surface area contributed by atoms with Crippen molar-refractivity contribution in [2.24, 2.45) is 0 Å². The van der Waals surface area contributed by atoms with Crippen LogP contribution in [-0.2, 0) is 23.1 Å². The van der Waals surface area contributed by atoms with Crippen LogP contribution in [-0.4, -0.2) is 31.4 Å². The van der Waals surface area contributed by atoms with Crippen molar-refractivity contribution in [3.8, 4) is 0 Å². The van der Waals surface area contributed by atoms with Gasteiger partial charge >= 0.3 is 13.6 Å². The Bertz CT molecular complexity index is 431. The molecule has 180 valence electrons. The summed E-state index contributed by atoms with van der Waals surface area (Å²) < 4.78 is 29.6. The van der Waals surface area contributed by atoms with Gasteiger partial charge in [0.15, 0.2) is 0 Å². The summed E-state index contributed by atoms with van der Waals surface area (Å²) in [7, 11) is -3.02. The Labute approximate surface area is 186 Å². The molecule has 0 amide bonds. The van der Waals surface area contributed by atoms with Gasteiger partial charge in [0, 0.05) is 6.92 Å². The zero-order valence-electron chi connectivity index (χ0n) is 20.3. The average Bonchev–Trinajstić information content (AvgIpc) is 2.70. The SMILES string of the molecule is CCCCCCCCCC(CCCCCCCCOC(C)=O)P(=O)(OCC)OCC. The minimum Gasteiger partial charge on any atom is -0.466 e. The van der Waals surface area contributed by atoms with Crippen LogP contribution < -0.4 is 0 Å². The van der Waals surface area contributed by atoms with Gasteiger partial charge in [-0.3, -0.25) is 9.36 Å². The van der Waals surface area contributed by atoms with Crippen molar-refractivity contribution in [1.29, 1.82) is 0 Å². The standard InChI is InChI=1S/C24H49O5P/c1-5-8-9-10-11-14-17-20-24(30(26,28-6-2)29-7-3)21-18-15-12-13-16-19-22-27-23(4)25/h24H,5-22H2,1-4H3. The van der Waals surface area contributed by atoms with E-state index in [1.807, 2.05) is 13.8 Å². The summed E-state index contributed by atoms with van der Waals surface area (Å²) in [6, 6.07) is 0. The topological polar surface area (TPSA) is 61.8 Å². The van der Waals surface area contributed by atoms with Gasteiger partial charge in [0.2, 0.25) is 0 Å². The van der Waals surface area contributed by atoms with Crippen LogP contribution >= 0.6 is 7.60 Å². The summed E-state index contributed by atoms with van der Waals surface area (Å²) in [6.07, 6.45) is 17.2. The summed E-state index contributed by atoms with van der Waals surface area (Å²) in [5.74, 6) is -0.199. The van der Waals surface area contributed by atoms with E-state index in [4.69, 9.17) is 13.8 Å². The highest BCUT2D eigenvalue weighted by Gasteiger charge is 2.34. The first kappa shape index (κ1) is 29.6. The fourth-order valence-corrected chi connectivity index (χ4v) is 6.02. The molecule has 0 aromatic carbocycles. The van der Waals surface area contributed by atoms with Crippen molar-refractivity contribution in [2.45, 2.75) is 130 Å². The van der Waals surface area contributed by atoms with E-state index >= 15 is 0 Å². The largest absolute Gasteiger partial charge is 0.466 e. The molecular weight excluding hydrogens is 399 g/mol. The Balaban J connectivity index is 4.26. The van der Waals surface area contributed by atoms with E-state index in [9.17, 15) is 9.36 Å². The molecule has 0 radical (unpaired) electrons. The van der Waals surface area contributed by atoms with Gasteiger partial charge in [-0.15, -0.1) is 0 Å². The van der Waals surface area contributed by atoms with Crippen LogP contribution in [0, 0.1) is 0 Å². The Morgan fingerprint density at radius 1 is 0.700 bits per heavy atom.